The van der Waals surface area contributed by atoms with Crippen molar-refractivity contribution in [3.63, 3.8) is 0 Å². The van der Waals surface area contributed by atoms with Crippen molar-refractivity contribution in [1.29, 1.82) is 0 Å². The molecule has 0 heterocycles. The minimum Gasteiger partial charge on any atom is -0.123 e. The molecule has 0 aliphatic heterocycles. The fourth-order valence-electron chi connectivity index (χ4n) is 1.63. The van der Waals surface area contributed by atoms with E-state index < -0.39 is 0 Å². The van der Waals surface area contributed by atoms with Crippen LogP contribution in [-0.2, 0) is 0 Å². The van der Waals surface area contributed by atoms with Gasteiger partial charge in [0.1, 0.15) is 0 Å². The van der Waals surface area contributed by atoms with E-state index in [0.29, 0.717) is 5.38 Å². The van der Waals surface area contributed by atoms with Crippen LogP contribution in [0.4, 0.5) is 0 Å². The summed E-state index contributed by atoms with van der Waals surface area (Å²) in [6.07, 6.45) is 4.14. The smallest absolute Gasteiger partial charge is 0.0367 e. The lowest BCUT2D eigenvalue weighted by Gasteiger charge is -1.95. The molecule has 3 atom stereocenters. The summed E-state index contributed by atoms with van der Waals surface area (Å²) in [5.74, 6) is 2.00. The molecule has 2 aliphatic rings. The molecule has 2 fully saturated rings. The van der Waals surface area contributed by atoms with E-state index in [2.05, 4.69) is 0 Å². The average Bonchev–Trinajstić information content (AvgIpc) is 2.33. The molecule has 7 heavy (non-hydrogen) atoms. The monoisotopic (exact) mass is 116 g/mol. The summed E-state index contributed by atoms with van der Waals surface area (Å²) in [4.78, 5) is 0. The van der Waals surface area contributed by atoms with Gasteiger partial charge in [0.2, 0.25) is 0 Å². The van der Waals surface area contributed by atoms with Gasteiger partial charge in [0.25, 0.3) is 0 Å². The highest BCUT2D eigenvalue weighted by molar-refractivity contribution is 6.21. The molecular formula is C6H9Cl. The molecule has 0 N–H and O–H groups in total. The van der Waals surface area contributed by atoms with Crippen molar-refractivity contribution in [3.05, 3.63) is 0 Å². The Morgan fingerprint density at radius 3 is 2.29 bits per heavy atom. The van der Waals surface area contributed by atoms with Crippen molar-refractivity contribution < 1.29 is 0 Å². The summed E-state index contributed by atoms with van der Waals surface area (Å²) in [7, 11) is 0. The number of hydrogen-bond donors (Lipinski definition) is 0. The molecule has 0 saturated heterocycles. The van der Waals surface area contributed by atoms with Gasteiger partial charge in [-0.1, -0.05) is 0 Å². The summed E-state index contributed by atoms with van der Waals surface area (Å²) in [6, 6.07) is 0. The Morgan fingerprint density at radius 1 is 1.29 bits per heavy atom. The highest BCUT2D eigenvalue weighted by atomic mass is 35.5. The zero-order chi connectivity index (χ0) is 4.85. The Morgan fingerprint density at radius 2 is 2.14 bits per heavy atom. The molecule has 2 rings (SSSR count). The second-order valence-electron chi connectivity index (χ2n) is 2.75. The lowest BCUT2D eigenvalue weighted by atomic mass is 10.2. The van der Waals surface area contributed by atoms with Crippen LogP contribution in [0.3, 0.4) is 0 Å². The van der Waals surface area contributed by atoms with Gasteiger partial charge in [-0.3, -0.25) is 0 Å². The first kappa shape index (κ1) is 4.20. The number of rotatable bonds is 0. The number of halogens is 1. The van der Waals surface area contributed by atoms with Crippen LogP contribution in [-0.4, -0.2) is 5.38 Å². The van der Waals surface area contributed by atoms with Gasteiger partial charge in [-0.2, -0.15) is 0 Å². The summed E-state index contributed by atoms with van der Waals surface area (Å²) < 4.78 is 0. The van der Waals surface area contributed by atoms with E-state index in [1.54, 1.807) is 0 Å². The fourth-order valence-corrected chi connectivity index (χ4v) is 2.07. The van der Waals surface area contributed by atoms with E-state index >= 15 is 0 Å². The third-order valence-corrected chi connectivity index (χ3v) is 2.80. The van der Waals surface area contributed by atoms with Crippen LogP contribution in [0.25, 0.3) is 0 Å². The van der Waals surface area contributed by atoms with Gasteiger partial charge in [-0.15, -0.1) is 11.6 Å². The van der Waals surface area contributed by atoms with E-state index in [1.807, 2.05) is 0 Å². The zero-order valence-corrected chi connectivity index (χ0v) is 4.99. The second-order valence-corrected chi connectivity index (χ2v) is 3.31. The van der Waals surface area contributed by atoms with Crippen LogP contribution < -0.4 is 0 Å². The SMILES string of the molecule is ClC1CCC2CC12. The van der Waals surface area contributed by atoms with Crippen molar-refractivity contribution in [1.82, 2.24) is 0 Å². The Labute approximate surface area is 48.9 Å². The zero-order valence-electron chi connectivity index (χ0n) is 4.23. The van der Waals surface area contributed by atoms with Crippen LogP contribution in [0.15, 0.2) is 0 Å². The van der Waals surface area contributed by atoms with Gasteiger partial charge in [-0.05, 0) is 31.1 Å². The third-order valence-electron chi connectivity index (χ3n) is 2.26. The molecular weight excluding hydrogens is 108 g/mol. The molecule has 3 unspecified atom stereocenters. The maximum atomic E-state index is 5.90. The summed E-state index contributed by atoms with van der Waals surface area (Å²) in [6.45, 7) is 0. The molecule has 2 saturated carbocycles. The average molecular weight is 117 g/mol. The molecule has 0 aromatic rings. The Hall–Kier alpha value is 0.290. The van der Waals surface area contributed by atoms with Crippen LogP contribution >= 0.6 is 11.6 Å². The lowest BCUT2D eigenvalue weighted by Crippen LogP contribution is -1.92. The topological polar surface area (TPSA) is 0 Å². The van der Waals surface area contributed by atoms with Crippen molar-refractivity contribution >= 4 is 11.6 Å². The second kappa shape index (κ2) is 1.17. The predicted octanol–water partition coefficient (Wildman–Crippen LogP) is 2.02. The van der Waals surface area contributed by atoms with Gasteiger partial charge in [-0.25, -0.2) is 0 Å². The quantitative estimate of drug-likeness (QED) is 0.425. The van der Waals surface area contributed by atoms with Crippen LogP contribution in [0.1, 0.15) is 19.3 Å². The molecule has 2 aliphatic carbocycles. The van der Waals surface area contributed by atoms with Crippen LogP contribution in [0.5, 0.6) is 0 Å². The predicted molar refractivity (Wildman–Crippen MR) is 30.5 cm³/mol. The highest BCUT2D eigenvalue weighted by Gasteiger charge is 2.46. The number of fused-ring (bicyclic) bond motifs is 1. The molecule has 0 bridgehead atoms. The van der Waals surface area contributed by atoms with E-state index in [4.69, 9.17) is 11.6 Å². The van der Waals surface area contributed by atoms with Crippen molar-refractivity contribution in [2.75, 3.05) is 0 Å². The largest absolute Gasteiger partial charge is 0.123 e. The molecule has 0 spiro atoms. The van der Waals surface area contributed by atoms with Gasteiger partial charge in [0.15, 0.2) is 0 Å². The highest BCUT2D eigenvalue weighted by Crippen LogP contribution is 2.53. The maximum absolute atomic E-state index is 5.90. The van der Waals surface area contributed by atoms with E-state index in [1.165, 1.54) is 19.3 Å². The van der Waals surface area contributed by atoms with Crippen LogP contribution in [0.2, 0.25) is 0 Å². The Bertz CT molecular complexity index is 90.2. The summed E-state index contributed by atoms with van der Waals surface area (Å²) in [5, 5.41) is 0.560. The molecule has 0 aromatic carbocycles. The molecule has 0 nitrogen and oxygen atoms in total. The summed E-state index contributed by atoms with van der Waals surface area (Å²) in [5.41, 5.74) is 0. The van der Waals surface area contributed by atoms with Gasteiger partial charge in [0.05, 0.1) is 0 Å². The normalized spacial score (nSPS) is 57.0. The lowest BCUT2D eigenvalue weighted by molar-refractivity contribution is 0.742. The Kier molecular flexibility index (Phi) is 0.699. The molecule has 0 amide bonds. The maximum Gasteiger partial charge on any atom is 0.0367 e. The van der Waals surface area contributed by atoms with Crippen molar-refractivity contribution in [2.24, 2.45) is 11.8 Å². The minimum absolute atomic E-state index is 0.560. The van der Waals surface area contributed by atoms with E-state index in [9.17, 15) is 0 Å². The van der Waals surface area contributed by atoms with E-state index in [-0.39, 0.29) is 0 Å². The Balaban J connectivity index is 2.08. The number of hydrogen-bond acceptors (Lipinski definition) is 0. The molecule has 0 radical (unpaired) electrons. The first-order valence-corrected chi connectivity index (χ1v) is 3.45. The third kappa shape index (κ3) is 0.495. The van der Waals surface area contributed by atoms with Crippen molar-refractivity contribution in [3.8, 4) is 0 Å². The first-order chi connectivity index (χ1) is 3.38. The molecule has 40 valence electrons. The standard InChI is InChI=1S/C6H9Cl/c7-6-2-1-4-3-5(4)6/h4-6H,1-3H2. The summed E-state index contributed by atoms with van der Waals surface area (Å²) >= 11 is 5.90. The van der Waals surface area contributed by atoms with E-state index in [0.717, 1.165) is 11.8 Å². The van der Waals surface area contributed by atoms with Gasteiger partial charge in [0, 0.05) is 5.38 Å². The van der Waals surface area contributed by atoms with Crippen molar-refractivity contribution in [2.45, 2.75) is 24.6 Å². The van der Waals surface area contributed by atoms with Gasteiger partial charge >= 0.3 is 0 Å². The fraction of sp³-hybridized carbons (Fsp3) is 1.00. The molecule has 1 heteroatoms. The minimum atomic E-state index is 0.560. The van der Waals surface area contributed by atoms with Crippen LogP contribution in [0, 0.1) is 11.8 Å². The van der Waals surface area contributed by atoms with Gasteiger partial charge < -0.3 is 0 Å². The molecule has 0 aromatic heterocycles. The first-order valence-electron chi connectivity index (χ1n) is 3.02. The number of alkyl halides is 1.